The van der Waals surface area contributed by atoms with Crippen LogP contribution < -0.4 is 0 Å². The SMILES string of the molecule is O=C(O)c1cc(SCc2cn3ccccc3n2)ccn1. The molecule has 0 saturated heterocycles. The molecule has 0 aliphatic rings. The first-order valence-corrected chi connectivity index (χ1v) is 6.96. The van der Waals surface area contributed by atoms with Gasteiger partial charge in [-0.3, -0.25) is 0 Å². The van der Waals surface area contributed by atoms with Crippen LogP contribution in [-0.4, -0.2) is 25.4 Å². The van der Waals surface area contributed by atoms with E-state index in [1.165, 1.54) is 6.20 Å². The number of carboxylic acids is 1. The van der Waals surface area contributed by atoms with Crippen molar-refractivity contribution >= 4 is 23.4 Å². The maximum atomic E-state index is 10.9. The summed E-state index contributed by atoms with van der Waals surface area (Å²) in [6.45, 7) is 0. The van der Waals surface area contributed by atoms with E-state index < -0.39 is 5.97 Å². The van der Waals surface area contributed by atoms with Crippen LogP contribution in [0.3, 0.4) is 0 Å². The predicted molar refractivity (Wildman–Crippen MR) is 75.9 cm³/mol. The number of rotatable bonds is 4. The van der Waals surface area contributed by atoms with Crippen LogP contribution in [0.2, 0.25) is 0 Å². The molecule has 3 aromatic rings. The van der Waals surface area contributed by atoms with Crippen molar-refractivity contribution in [2.24, 2.45) is 0 Å². The maximum Gasteiger partial charge on any atom is 0.354 e. The molecule has 100 valence electrons. The Bertz CT molecular complexity index is 737. The summed E-state index contributed by atoms with van der Waals surface area (Å²) in [7, 11) is 0. The van der Waals surface area contributed by atoms with Crippen molar-refractivity contribution in [3.05, 3.63) is 60.3 Å². The summed E-state index contributed by atoms with van der Waals surface area (Å²) in [5, 5.41) is 8.90. The highest BCUT2D eigenvalue weighted by Gasteiger charge is 2.06. The molecule has 0 aliphatic heterocycles. The molecule has 3 heterocycles. The lowest BCUT2D eigenvalue weighted by Crippen LogP contribution is -1.99. The fraction of sp³-hybridized carbons (Fsp3) is 0.0714. The smallest absolute Gasteiger partial charge is 0.354 e. The quantitative estimate of drug-likeness (QED) is 0.746. The van der Waals surface area contributed by atoms with E-state index in [0.717, 1.165) is 16.2 Å². The highest BCUT2D eigenvalue weighted by Crippen LogP contribution is 2.22. The topological polar surface area (TPSA) is 67.5 Å². The van der Waals surface area contributed by atoms with E-state index in [2.05, 4.69) is 9.97 Å². The second-order valence-corrected chi connectivity index (χ2v) is 5.22. The lowest BCUT2D eigenvalue weighted by atomic mass is 10.3. The number of hydrogen-bond acceptors (Lipinski definition) is 4. The molecular weight excluding hydrogens is 274 g/mol. The number of carbonyl (C=O) groups is 1. The lowest BCUT2D eigenvalue weighted by Gasteiger charge is -2.00. The Morgan fingerprint density at radius 1 is 1.35 bits per heavy atom. The number of thioether (sulfide) groups is 1. The summed E-state index contributed by atoms with van der Waals surface area (Å²) >= 11 is 1.54. The van der Waals surface area contributed by atoms with Gasteiger partial charge < -0.3 is 9.51 Å². The van der Waals surface area contributed by atoms with Crippen molar-refractivity contribution in [2.75, 3.05) is 0 Å². The standard InChI is InChI=1S/C14H11N3O2S/c18-14(19)12-7-11(4-5-15-12)20-9-10-8-17-6-2-1-3-13(17)16-10/h1-8H,9H2,(H,18,19). The van der Waals surface area contributed by atoms with Crippen molar-refractivity contribution in [1.82, 2.24) is 14.4 Å². The molecule has 3 rings (SSSR count). The van der Waals surface area contributed by atoms with Crippen molar-refractivity contribution in [1.29, 1.82) is 0 Å². The Labute approximate surface area is 119 Å². The van der Waals surface area contributed by atoms with E-state index in [1.54, 1.807) is 23.9 Å². The molecule has 0 bridgehead atoms. The molecular formula is C14H11N3O2S. The Morgan fingerprint density at radius 3 is 3.05 bits per heavy atom. The Balaban J connectivity index is 1.75. The fourth-order valence-corrected chi connectivity index (χ4v) is 2.64. The minimum absolute atomic E-state index is 0.0602. The van der Waals surface area contributed by atoms with Gasteiger partial charge in [-0.2, -0.15) is 0 Å². The number of pyridine rings is 2. The third-order valence-electron chi connectivity index (χ3n) is 2.75. The molecule has 0 amide bonds. The Morgan fingerprint density at radius 2 is 2.25 bits per heavy atom. The second kappa shape index (κ2) is 5.34. The number of imidazole rings is 1. The van der Waals surface area contributed by atoms with Gasteiger partial charge in [-0.05, 0) is 24.3 Å². The van der Waals surface area contributed by atoms with Crippen LogP contribution in [-0.2, 0) is 5.75 Å². The first-order chi connectivity index (χ1) is 9.72. The zero-order valence-corrected chi connectivity index (χ0v) is 11.2. The minimum atomic E-state index is -1.01. The molecule has 0 atom stereocenters. The van der Waals surface area contributed by atoms with Gasteiger partial charge in [-0.15, -0.1) is 11.8 Å². The van der Waals surface area contributed by atoms with Gasteiger partial charge in [0.25, 0.3) is 0 Å². The van der Waals surface area contributed by atoms with Gasteiger partial charge in [0.2, 0.25) is 0 Å². The van der Waals surface area contributed by atoms with E-state index in [9.17, 15) is 4.79 Å². The third kappa shape index (κ3) is 2.65. The van der Waals surface area contributed by atoms with Gasteiger partial charge in [-0.1, -0.05) is 6.07 Å². The first-order valence-electron chi connectivity index (χ1n) is 5.97. The van der Waals surface area contributed by atoms with E-state index in [-0.39, 0.29) is 5.69 Å². The van der Waals surface area contributed by atoms with Crippen molar-refractivity contribution < 1.29 is 9.90 Å². The molecule has 0 aliphatic carbocycles. The summed E-state index contributed by atoms with van der Waals surface area (Å²) in [5.74, 6) is -0.328. The molecule has 0 spiro atoms. The third-order valence-corrected chi connectivity index (χ3v) is 3.78. The summed E-state index contributed by atoms with van der Waals surface area (Å²) < 4.78 is 1.96. The number of carboxylic acid groups (broad SMARTS) is 1. The van der Waals surface area contributed by atoms with Crippen LogP contribution >= 0.6 is 11.8 Å². The Kier molecular flexibility index (Phi) is 3.39. The lowest BCUT2D eigenvalue weighted by molar-refractivity contribution is 0.0690. The van der Waals surface area contributed by atoms with Crippen molar-refractivity contribution in [3.8, 4) is 0 Å². The van der Waals surface area contributed by atoms with Crippen molar-refractivity contribution in [2.45, 2.75) is 10.6 Å². The van der Waals surface area contributed by atoms with Crippen LogP contribution in [0.25, 0.3) is 5.65 Å². The van der Waals surface area contributed by atoms with Crippen LogP contribution in [0.15, 0.2) is 53.8 Å². The molecule has 0 saturated carbocycles. The summed E-state index contributed by atoms with van der Waals surface area (Å²) in [4.78, 5) is 20.0. The van der Waals surface area contributed by atoms with E-state index in [1.807, 2.05) is 35.0 Å². The molecule has 1 N–H and O–H groups in total. The molecule has 0 fully saturated rings. The number of nitrogens with zero attached hydrogens (tertiary/aromatic N) is 3. The predicted octanol–water partition coefficient (Wildman–Crippen LogP) is 2.72. The highest BCUT2D eigenvalue weighted by molar-refractivity contribution is 7.98. The summed E-state index contributed by atoms with van der Waals surface area (Å²) in [6, 6.07) is 9.22. The molecule has 0 unspecified atom stereocenters. The van der Waals surface area contributed by atoms with Gasteiger partial charge in [0, 0.05) is 29.2 Å². The molecule has 0 radical (unpaired) electrons. The zero-order valence-electron chi connectivity index (χ0n) is 10.4. The molecule has 0 aromatic carbocycles. The first kappa shape index (κ1) is 12.7. The van der Waals surface area contributed by atoms with Crippen LogP contribution in [0.4, 0.5) is 0 Å². The summed E-state index contributed by atoms with van der Waals surface area (Å²) in [5.41, 5.74) is 1.92. The number of fused-ring (bicyclic) bond motifs is 1. The average Bonchev–Trinajstić information content (AvgIpc) is 2.88. The number of aromatic carboxylic acids is 1. The minimum Gasteiger partial charge on any atom is -0.477 e. The fourth-order valence-electron chi connectivity index (χ4n) is 1.83. The van der Waals surface area contributed by atoms with E-state index in [4.69, 9.17) is 5.11 Å². The monoisotopic (exact) mass is 285 g/mol. The van der Waals surface area contributed by atoms with Crippen molar-refractivity contribution in [3.63, 3.8) is 0 Å². The van der Waals surface area contributed by atoms with Crippen LogP contribution in [0.1, 0.15) is 16.2 Å². The maximum absolute atomic E-state index is 10.9. The second-order valence-electron chi connectivity index (χ2n) is 4.17. The molecule has 5 nitrogen and oxygen atoms in total. The normalized spacial score (nSPS) is 10.8. The van der Waals surface area contributed by atoms with E-state index >= 15 is 0 Å². The average molecular weight is 285 g/mol. The van der Waals surface area contributed by atoms with Gasteiger partial charge in [0.1, 0.15) is 11.3 Å². The molecule has 3 aromatic heterocycles. The number of aromatic nitrogens is 3. The van der Waals surface area contributed by atoms with Gasteiger partial charge in [-0.25, -0.2) is 14.8 Å². The highest BCUT2D eigenvalue weighted by atomic mass is 32.2. The zero-order chi connectivity index (χ0) is 13.9. The molecule has 6 heteroatoms. The van der Waals surface area contributed by atoms with Crippen LogP contribution in [0.5, 0.6) is 0 Å². The van der Waals surface area contributed by atoms with E-state index in [0.29, 0.717) is 5.75 Å². The number of hydrogen-bond donors (Lipinski definition) is 1. The van der Waals surface area contributed by atoms with Gasteiger partial charge in [0.15, 0.2) is 0 Å². The van der Waals surface area contributed by atoms with Gasteiger partial charge in [0.05, 0.1) is 5.69 Å². The van der Waals surface area contributed by atoms with Crippen LogP contribution in [0, 0.1) is 0 Å². The molecule has 20 heavy (non-hydrogen) atoms. The summed E-state index contributed by atoms with van der Waals surface area (Å²) in [6.07, 6.45) is 5.43. The Hall–Kier alpha value is -2.34. The van der Waals surface area contributed by atoms with Gasteiger partial charge >= 0.3 is 5.97 Å². The largest absolute Gasteiger partial charge is 0.477 e.